The van der Waals surface area contributed by atoms with Gasteiger partial charge in [0.15, 0.2) is 0 Å². The van der Waals surface area contributed by atoms with Gasteiger partial charge in [0.1, 0.15) is 4.90 Å². The Hall–Kier alpha value is -1.41. The number of sulfonamides is 1. The number of benzene rings is 1. The van der Waals surface area contributed by atoms with Gasteiger partial charge in [0.25, 0.3) is 0 Å². The molecule has 0 radical (unpaired) electrons. The van der Waals surface area contributed by atoms with Crippen LogP contribution < -0.4 is 10.0 Å². The Bertz CT molecular complexity index is 860. The van der Waals surface area contributed by atoms with Gasteiger partial charge in [-0.2, -0.15) is 0 Å². The van der Waals surface area contributed by atoms with Gasteiger partial charge in [-0.1, -0.05) is 42.6 Å². The first kappa shape index (κ1) is 19.4. The maximum atomic E-state index is 12.3. The molecule has 2 N–H and O–H groups in total. The maximum absolute atomic E-state index is 12.3. The fraction of sp³-hybridized carbons (Fsp3) is 0.389. The van der Waals surface area contributed by atoms with Crippen molar-refractivity contribution >= 4 is 38.9 Å². The third-order valence-electron chi connectivity index (χ3n) is 4.78. The van der Waals surface area contributed by atoms with E-state index in [9.17, 15) is 13.2 Å². The summed E-state index contributed by atoms with van der Waals surface area (Å²) in [5.41, 5.74) is -0.0224. The molecule has 1 fully saturated rings. The second-order valence-electron chi connectivity index (χ2n) is 6.50. The summed E-state index contributed by atoms with van der Waals surface area (Å²) in [6, 6.07) is 10.3. The van der Waals surface area contributed by atoms with E-state index in [0.29, 0.717) is 6.54 Å². The van der Waals surface area contributed by atoms with Crippen molar-refractivity contribution in [1.29, 1.82) is 0 Å². The Morgan fingerprint density at radius 1 is 1.15 bits per heavy atom. The maximum Gasteiger partial charge on any atom is 0.242 e. The molecule has 0 aliphatic heterocycles. The molecule has 0 spiro atoms. The van der Waals surface area contributed by atoms with E-state index in [1.807, 2.05) is 6.07 Å². The second-order valence-corrected chi connectivity index (χ2v) is 9.59. The third-order valence-corrected chi connectivity index (χ3v) is 7.79. The first-order valence-corrected chi connectivity index (χ1v) is 11.2. The van der Waals surface area contributed by atoms with Crippen molar-refractivity contribution < 1.29 is 13.2 Å². The zero-order valence-corrected chi connectivity index (χ0v) is 16.6. The van der Waals surface area contributed by atoms with E-state index < -0.39 is 10.0 Å². The first-order valence-electron chi connectivity index (χ1n) is 8.48. The molecule has 5 nitrogen and oxygen atoms in total. The number of rotatable bonds is 7. The van der Waals surface area contributed by atoms with Gasteiger partial charge < -0.3 is 5.32 Å². The van der Waals surface area contributed by atoms with Crippen molar-refractivity contribution in [2.24, 2.45) is 0 Å². The van der Waals surface area contributed by atoms with Crippen molar-refractivity contribution in [2.45, 2.75) is 36.0 Å². The number of hydrogen-bond acceptors (Lipinski definition) is 4. The summed E-state index contributed by atoms with van der Waals surface area (Å²) in [4.78, 5) is 13.5. The Morgan fingerprint density at radius 2 is 1.88 bits per heavy atom. The van der Waals surface area contributed by atoms with E-state index in [1.54, 1.807) is 23.5 Å². The summed E-state index contributed by atoms with van der Waals surface area (Å²) in [5.74, 6) is -0.344. The molecule has 1 aromatic heterocycles. The van der Waals surface area contributed by atoms with Gasteiger partial charge in [-0.3, -0.25) is 4.79 Å². The summed E-state index contributed by atoms with van der Waals surface area (Å²) in [6.45, 7) is 0.217. The van der Waals surface area contributed by atoms with E-state index in [2.05, 4.69) is 21.5 Å². The minimum absolute atomic E-state index is 0.0224. The van der Waals surface area contributed by atoms with Crippen LogP contribution in [-0.4, -0.2) is 27.4 Å². The predicted molar refractivity (Wildman–Crippen MR) is 104 cm³/mol. The predicted octanol–water partition coefficient (Wildman–Crippen LogP) is 3.31. The van der Waals surface area contributed by atoms with Crippen molar-refractivity contribution in [2.75, 3.05) is 13.1 Å². The Kier molecular flexibility index (Phi) is 6.02. The Labute approximate surface area is 162 Å². The molecule has 1 amide bonds. The molecule has 0 saturated heterocycles. The molecule has 26 heavy (non-hydrogen) atoms. The van der Waals surface area contributed by atoms with Crippen molar-refractivity contribution in [3.63, 3.8) is 0 Å². The lowest BCUT2D eigenvalue weighted by Crippen LogP contribution is -2.43. The highest BCUT2D eigenvalue weighted by Crippen LogP contribution is 2.42. The molecule has 2 aromatic rings. The van der Waals surface area contributed by atoms with Crippen LogP contribution in [0.2, 0.25) is 5.02 Å². The quantitative estimate of drug-likeness (QED) is 0.732. The zero-order chi connectivity index (χ0) is 18.6. The minimum Gasteiger partial charge on any atom is -0.354 e. The monoisotopic (exact) mass is 412 g/mol. The summed E-state index contributed by atoms with van der Waals surface area (Å²) >= 11 is 7.64. The van der Waals surface area contributed by atoms with Crippen LogP contribution in [0.25, 0.3) is 0 Å². The number of amides is 1. The second kappa shape index (κ2) is 8.08. The molecule has 1 heterocycles. The highest BCUT2D eigenvalue weighted by atomic mass is 35.5. The number of halogens is 1. The smallest absolute Gasteiger partial charge is 0.242 e. The summed E-state index contributed by atoms with van der Waals surface area (Å²) in [6.07, 6.45) is 4.37. The molecule has 140 valence electrons. The molecule has 3 rings (SSSR count). The average molecular weight is 413 g/mol. The number of hydrogen-bond donors (Lipinski definition) is 2. The van der Waals surface area contributed by atoms with E-state index in [0.717, 1.165) is 25.7 Å². The van der Waals surface area contributed by atoms with Crippen LogP contribution in [0.1, 0.15) is 30.6 Å². The molecule has 8 heteroatoms. The zero-order valence-electron chi connectivity index (χ0n) is 14.2. The minimum atomic E-state index is -3.82. The lowest BCUT2D eigenvalue weighted by Gasteiger charge is -2.28. The lowest BCUT2D eigenvalue weighted by atomic mass is 9.84. The van der Waals surface area contributed by atoms with Gasteiger partial charge in [0, 0.05) is 16.8 Å². The van der Waals surface area contributed by atoms with Crippen molar-refractivity contribution in [3.05, 3.63) is 51.7 Å². The Morgan fingerprint density at radius 3 is 2.54 bits per heavy atom. The fourth-order valence-electron chi connectivity index (χ4n) is 3.37. The van der Waals surface area contributed by atoms with Crippen LogP contribution in [0.5, 0.6) is 0 Å². The molecular weight excluding hydrogens is 392 g/mol. The van der Waals surface area contributed by atoms with Crippen LogP contribution in [0, 0.1) is 0 Å². The molecule has 1 aliphatic carbocycles. The van der Waals surface area contributed by atoms with Crippen LogP contribution in [0.3, 0.4) is 0 Å². The highest BCUT2D eigenvalue weighted by Gasteiger charge is 2.36. The van der Waals surface area contributed by atoms with Gasteiger partial charge in [0.2, 0.25) is 15.9 Å². The largest absolute Gasteiger partial charge is 0.354 e. The Balaban J connectivity index is 1.58. The van der Waals surface area contributed by atoms with E-state index in [-0.39, 0.29) is 27.8 Å². The number of nitrogens with one attached hydrogen (secondary N) is 2. The van der Waals surface area contributed by atoms with Gasteiger partial charge in [-0.25, -0.2) is 13.1 Å². The molecule has 1 aromatic carbocycles. The average Bonchev–Trinajstić information content (AvgIpc) is 3.30. The van der Waals surface area contributed by atoms with Gasteiger partial charge in [0.05, 0.1) is 11.6 Å². The van der Waals surface area contributed by atoms with E-state index in [4.69, 9.17) is 11.6 Å². The number of carbonyl (C=O) groups is 1. The summed E-state index contributed by atoms with van der Waals surface area (Å²) in [7, 11) is -3.82. The molecule has 1 aliphatic rings. The molecule has 0 atom stereocenters. The summed E-state index contributed by atoms with van der Waals surface area (Å²) < 4.78 is 26.9. The normalized spacial score (nSPS) is 16.5. The van der Waals surface area contributed by atoms with Crippen LogP contribution >= 0.6 is 22.9 Å². The highest BCUT2D eigenvalue weighted by molar-refractivity contribution is 7.89. The van der Waals surface area contributed by atoms with E-state index in [1.165, 1.54) is 17.0 Å². The van der Waals surface area contributed by atoms with Crippen LogP contribution in [0.4, 0.5) is 0 Å². The molecule has 0 bridgehead atoms. The third kappa shape index (κ3) is 4.28. The van der Waals surface area contributed by atoms with Gasteiger partial charge in [-0.05, 0) is 36.4 Å². The van der Waals surface area contributed by atoms with Gasteiger partial charge in [-0.15, -0.1) is 11.3 Å². The molecule has 0 unspecified atom stereocenters. The fourth-order valence-corrected chi connectivity index (χ4v) is 5.86. The lowest BCUT2D eigenvalue weighted by molar-refractivity contribution is -0.120. The number of carbonyl (C=O) groups excluding carboxylic acids is 1. The van der Waals surface area contributed by atoms with Crippen molar-refractivity contribution in [1.82, 2.24) is 10.0 Å². The van der Waals surface area contributed by atoms with Gasteiger partial charge >= 0.3 is 0 Å². The standard InChI is InChI=1S/C18H21ClN2O3S2/c19-14-6-1-2-7-15(14)26(23,24)21-12-17(22)20-13-18(9-3-4-10-18)16-8-5-11-25-16/h1-2,5-8,11,21H,3-4,9-10,12-13H2,(H,20,22). The topological polar surface area (TPSA) is 75.3 Å². The SMILES string of the molecule is O=C(CNS(=O)(=O)c1ccccc1Cl)NCC1(c2cccs2)CCCC1. The van der Waals surface area contributed by atoms with E-state index >= 15 is 0 Å². The molecular formula is C18H21ClN2O3S2. The molecule has 1 saturated carbocycles. The summed E-state index contributed by atoms with van der Waals surface area (Å²) in [5, 5.41) is 5.08. The van der Waals surface area contributed by atoms with Crippen molar-refractivity contribution in [3.8, 4) is 0 Å². The number of thiophene rings is 1. The first-order chi connectivity index (χ1) is 12.4. The van der Waals surface area contributed by atoms with Crippen LogP contribution in [-0.2, 0) is 20.2 Å². The van der Waals surface area contributed by atoms with Crippen LogP contribution in [0.15, 0.2) is 46.7 Å².